The van der Waals surface area contributed by atoms with E-state index in [1.54, 1.807) is 17.0 Å². The molecule has 0 bridgehead atoms. The smallest absolute Gasteiger partial charge is 0.293 e. The van der Waals surface area contributed by atoms with Crippen LogP contribution >= 0.6 is 12.2 Å². The molecule has 0 saturated heterocycles. The minimum atomic E-state index is -0.0436. The van der Waals surface area contributed by atoms with Crippen molar-refractivity contribution in [2.45, 2.75) is 40.2 Å². The third kappa shape index (κ3) is 4.92. The summed E-state index contributed by atoms with van der Waals surface area (Å²) < 4.78 is 1.70. The molecule has 1 rings (SSSR count). The maximum atomic E-state index is 12.4. The Kier molecular flexibility index (Phi) is 6.64. The first-order valence-corrected chi connectivity index (χ1v) is 7.45. The van der Waals surface area contributed by atoms with Gasteiger partial charge in [0.15, 0.2) is 5.82 Å². The predicted molar refractivity (Wildman–Crippen MR) is 87.2 cm³/mol. The van der Waals surface area contributed by atoms with Gasteiger partial charge in [0, 0.05) is 38.4 Å². The van der Waals surface area contributed by atoms with Gasteiger partial charge in [0.05, 0.1) is 4.99 Å². The highest BCUT2D eigenvalue weighted by Gasteiger charge is 2.15. The highest BCUT2D eigenvalue weighted by molar-refractivity contribution is 7.80. The summed E-state index contributed by atoms with van der Waals surface area (Å²) >= 11 is 4.93. The molecule has 1 heterocycles. The van der Waals surface area contributed by atoms with E-state index in [2.05, 4.69) is 18.8 Å². The van der Waals surface area contributed by atoms with Crippen LogP contribution in [0.4, 0.5) is 5.82 Å². The Hall–Kier alpha value is -1.43. The van der Waals surface area contributed by atoms with Gasteiger partial charge >= 0.3 is 0 Å². The van der Waals surface area contributed by atoms with E-state index >= 15 is 0 Å². The van der Waals surface area contributed by atoms with Gasteiger partial charge in [-0.25, -0.2) is 4.98 Å². The van der Waals surface area contributed by atoms with Crippen LogP contribution in [-0.4, -0.2) is 27.6 Å². The lowest BCUT2D eigenvalue weighted by Crippen LogP contribution is -2.37. The van der Waals surface area contributed by atoms with E-state index < -0.39 is 0 Å². The molecule has 0 radical (unpaired) electrons. The summed E-state index contributed by atoms with van der Waals surface area (Å²) in [4.78, 5) is 19.1. The lowest BCUT2D eigenvalue weighted by atomic mass is 10.2. The van der Waals surface area contributed by atoms with E-state index in [1.165, 1.54) is 0 Å². The standard InChI is InChI=1S/C14H24N4OS/c1-4-7-17-9-6-16-13(14(17)19)18(10-11(2)3)8-5-12(15)20/h6,9,11H,4-5,7-8,10H2,1-3H3,(H2,15,20). The Labute approximate surface area is 125 Å². The van der Waals surface area contributed by atoms with Crippen molar-refractivity contribution in [2.24, 2.45) is 11.7 Å². The summed E-state index contributed by atoms with van der Waals surface area (Å²) in [6, 6.07) is 0. The van der Waals surface area contributed by atoms with Crippen LogP contribution in [0.15, 0.2) is 17.2 Å². The maximum absolute atomic E-state index is 12.4. The highest BCUT2D eigenvalue weighted by Crippen LogP contribution is 2.08. The van der Waals surface area contributed by atoms with Crippen LogP contribution in [-0.2, 0) is 6.54 Å². The summed E-state index contributed by atoms with van der Waals surface area (Å²) in [7, 11) is 0. The number of rotatable bonds is 8. The van der Waals surface area contributed by atoms with Crippen LogP contribution in [0.2, 0.25) is 0 Å². The molecule has 1 aromatic heterocycles. The van der Waals surface area contributed by atoms with Crippen molar-refractivity contribution in [3.05, 3.63) is 22.7 Å². The number of aryl methyl sites for hydroxylation is 1. The van der Waals surface area contributed by atoms with Crippen molar-refractivity contribution < 1.29 is 0 Å². The quantitative estimate of drug-likeness (QED) is 0.741. The van der Waals surface area contributed by atoms with Crippen molar-refractivity contribution in [3.63, 3.8) is 0 Å². The van der Waals surface area contributed by atoms with Crippen LogP contribution in [0, 0.1) is 5.92 Å². The number of hydrogen-bond acceptors (Lipinski definition) is 4. The van der Waals surface area contributed by atoms with Crippen molar-refractivity contribution in [1.82, 2.24) is 9.55 Å². The Balaban J connectivity index is 3.03. The van der Waals surface area contributed by atoms with Crippen LogP contribution in [0.5, 0.6) is 0 Å². The molecular weight excluding hydrogens is 272 g/mol. The summed E-state index contributed by atoms with van der Waals surface area (Å²) in [6.45, 7) is 8.37. The Morgan fingerprint density at radius 2 is 2.25 bits per heavy atom. The first-order valence-electron chi connectivity index (χ1n) is 7.04. The number of nitrogens with two attached hydrogens (primary N) is 1. The van der Waals surface area contributed by atoms with Gasteiger partial charge in [-0.3, -0.25) is 4.79 Å². The average molecular weight is 296 g/mol. The minimum absolute atomic E-state index is 0.0436. The lowest BCUT2D eigenvalue weighted by Gasteiger charge is -2.25. The third-order valence-corrected chi connectivity index (χ3v) is 3.08. The van der Waals surface area contributed by atoms with Crippen molar-refractivity contribution in [3.8, 4) is 0 Å². The van der Waals surface area contributed by atoms with Gasteiger partial charge in [-0.1, -0.05) is 33.0 Å². The molecular formula is C14H24N4OS. The number of nitrogens with zero attached hydrogens (tertiary/aromatic N) is 3. The molecule has 0 aliphatic heterocycles. The maximum Gasteiger partial charge on any atom is 0.293 e. The van der Waals surface area contributed by atoms with E-state index in [4.69, 9.17) is 18.0 Å². The molecule has 2 N–H and O–H groups in total. The Bertz CT molecular complexity index is 498. The van der Waals surface area contributed by atoms with Crippen LogP contribution in [0.3, 0.4) is 0 Å². The van der Waals surface area contributed by atoms with Gasteiger partial charge in [-0.05, 0) is 12.3 Å². The summed E-state index contributed by atoms with van der Waals surface area (Å²) in [6.07, 6.45) is 4.92. The lowest BCUT2D eigenvalue weighted by molar-refractivity contribution is 0.595. The topological polar surface area (TPSA) is 64.2 Å². The van der Waals surface area contributed by atoms with Crippen molar-refractivity contribution >= 4 is 23.0 Å². The van der Waals surface area contributed by atoms with Gasteiger partial charge in [0.25, 0.3) is 5.56 Å². The second-order valence-corrected chi connectivity index (χ2v) is 5.83. The zero-order chi connectivity index (χ0) is 15.1. The van der Waals surface area contributed by atoms with Crippen LogP contribution < -0.4 is 16.2 Å². The first kappa shape index (κ1) is 16.6. The van der Waals surface area contributed by atoms with Gasteiger partial charge < -0.3 is 15.2 Å². The highest BCUT2D eigenvalue weighted by atomic mass is 32.1. The van der Waals surface area contributed by atoms with Gasteiger partial charge in [0.2, 0.25) is 0 Å². The zero-order valence-electron chi connectivity index (χ0n) is 12.5. The fourth-order valence-corrected chi connectivity index (χ4v) is 2.13. The zero-order valence-corrected chi connectivity index (χ0v) is 13.3. The molecule has 1 aromatic rings. The van der Waals surface area contributed by atoms with Gasteiger partial charge in [-0.2, -0.15) is 0 Å². The van der Waals surface area contributed by atoms with E-state index in [1.807, 2.05) is 11.8 Å². The van der Waals surface area contributed by atoms with Gasteiger partial charge in [-0.15, -0.1) is 0 Å². The Morgan fingerprint density at radius 1 is 1.55 bits per heavy atom. The normalized spacial score (nSPS) is 10.8. The van der Waals surface area contributed by atoms with E-state index in [9.17, 15) is 4.79 Å². The molecule has 0 unspecified atom stereocenters. The number of thiocarbonyl (C=S) groups is 1. The molecule has 0 aromatic carbocycles. The van der Waals surface area contributed by atoms with Crippen molar-refractivity contribution in [1.29, 1.82) is 0 Å². The fourth-order valence-electron chi connectivity index (χ4n) is 2.04. The van der Waals surface area contributed by atoms with Crippen LogP contribution in [0.25, 0.3) is 0 Å². The molecule has 20 heavy (non-hydrogen) atoms. The minimum Gasteiger partial charge on any atom is -0.393 e. The molecule has 5 nitrogen and oxygen atoms in total. The second kappa shape index (κ2) is 7.99. The molecule has 0 aliphatic carbocycles. The molecule has 0 aliphatic rings. The van der Waals surface area contributed by atoms with Crippen molar-refractivity contribution in [2.75, 3.05) is 18.0 Å². The second-order valence-electron chi connectivity index (χ2n) is 5.31. The molecule has 0 spiro atoms. The average Bonchev–Trinajstić information content (AvgIpc) is 2.37. The number of hydrogen-bond donors (Lipinski definition) is 1. The molecule has 0 amide bonds. The predicted octanol–water partition coefficient (Wildman–Crippen LogP) is 1.79. The summed E-state index contributed by atoms with van der Waals surface area (Å²) in [5.74, 6) is 0.924. The molecule has 112 valence electrons. The number of aromatic nitrogens is 2. The molecule has 0 saturated carbocycles. The first-order chi connectivity index (χ1) is 9.45. The number of anilines is 1. The molecule has 6 heteroatoms. The van der Waals surface area contributed by atoms with Gasteiger partial charge in [0.1, 0.15) is 0 Å². The monoisotopic (exact) mass is 296 g/mol. The van der Waals surface area contributed by atoms with E-state index in [0.717, 1.165) is 13.0 Å². The fraction of sp³-hybridized carbons (Fsp3) is 0.643. The van der Waals surface area contributed by atoms with E-state index in [0.29, 0.717) is 36.2 Å². The molecule has 0 fully saturated rings. The Morgan fingerprint density at radius 3 is 2.80 bits per heavy atom. The SMILES string of the molecule is CCCn1ccnc(N(CCC(N)=S)CC(C)C)c1=O. The third-order valence-electron chi connectivity index (χ3n) is 2.87. The molecule has 0 atom stereocenters. The summed E-state index contributed by atoms with van der Waals surface area (Å²) in [5.41, 5.74) is 5.52. The van der Waals surface area contributed by atoms with Crippen LogP contribution in [0.1, 0.15) is 33.6 Å². The largest absolute Gasteiger partial charge is 0.393 e. The van der Waals surface area contributed by atoms with E-state index in [-0.39, 0.29) is 5.56 Å². The summed E-state index contributed by atoms with van der Waals surface area (Å²) in [5, 5.41) is 0.